The third-order valence-corrected chi connectivity index (χ3v) is 11.2. The van der Waals surface area contributed by atoms with Gasteiger partial charge in [-0.1, -0.05) is 52.6 Å². The summed E-state index contributed by atoms with van der Waals surface area (Å²) < 4.78 is 75.9. The van der Waals surface area contributed by atoms with Crippen LogP contribution in [0.25, 0.3) is 10.9 Å². The van der Waals surface area contributed by atoms with Gasteiger partial charge in [-0.15, -0.1) is 0 Å². The van der Waals surface area contributed by atoms with Crippen LogP contribution in [0.3, 0.4) is 0 Å². The number of carbonyl (C=O) groups is 2. The molecule has 0 bridgehead atoms. The highest BCUT2D eigenvalue weighted by atomic mass is 35.5. The number of alkyl halides is 3. The standard InChI is InChI=1S/C34H33Cl2F3N6O6S/c1-19-17-24(34(37,38)39)22-5-2-7-27(30(22)43-19)51-18-23-25(35)12-13-28(29(23)36)52(49,50)45-16-3-6-26(45)33(47)42-15-4-14-41-32(46)21-10-8-20(9-11-21)31(40)44-48/h2,5,7-13,17,26,48H,3-4,6,14-16,18H2,1H3,(H2,40,44)(H,41,46)(H,42,47)/t26-/m0/s1. The van der Waals surface area contributed by atoms with Crippen LogP contribution in [0.2, 0.25) is 10.0 Å². The van der Waals surface area contributed by atoms with Crippen molar-refractivity contribution in [1.29, 1.82) is 0 Å². The Hall–Kier alpha value is -4.64. The molecule has 3 aromatic carbocycles. The lowest BCUT2D eigenvalue weighted by Crippen LogP contribution is -2.46. The van der Waals surface area contributed by atoms with Crippen molar-refractivity contribution in [2.75, 3.05) is 19.6 Å². The van der Waals surface area contributed by atoms with Crippen LogP contribution < -0.4 is 21.1 Å². The first kappa shape index (κ1) is 38.6. The largest absolute Gasteiger partial charge is 0.487 e. The second-order valence-electron chi connectivity index (χ2n) is 11.8. The monoisotopic (exact) mass is 780 g/mol. The number of sulfonamides is 1. The van der Waals surface area contributed by atoms with E-state index in [9.17, 15) is 31.2 Å². The van der Waals surface area contributed by atoms with Crippen LogP contribution in [0, 0.1) is 6.92 Å². The van der Waals surface area contributed by atoms with Gasteiger partial charge in [0.25, 0.3) is 5.91 Å². The Bertz CT molecular complexity index is 2140. The summed E-state index contributed by atoms with van der Waals surface area (Å²) in [5, 5.41) is 16.8. The number of nitrogens with two attached hydrogens (primary N) is 1. The van der Waals surface area contributed by atoms with Gasteiger partial charge >= 0.3 is 6.18 Å². The number of hydrogen-bond donors (Lipinski definition) is 4. The van der Waals surface area contributed by atoms with Crippen molar-refractivity contribution in [1.82, 2.24) is 19.9 Å². The van der Waals surface area contributed by atoms with E-state index >= 15 is 0 Å². The summed E-state index contributed by atoms with van der Waals surface area (Å²) in [5.74, 6) is -0.966. The number of para-hydroxylation sites is 1. The molecule has 0 spiro atoms. The molecule has 0 radical (unpaired) electrons. The highest BCUT2D eigenvalue weighted by molar-refractivity contribution is 7.89. The first-order valence-electron chi connectivity index (χ1n) is 15.9. The molecule has 12 nitrogen and oxygen atoms in total. The topological polar surface area (TPSA) is 176 Å². The summed E-state index contributed by atoms with van der Waals surface area (Å²) in [4.78, 5) is 29.5. The number of amidine groups is 1. The number of aromatic nitrogens is 1. The van der Waals surface area contributed by atoms with Gasteiger partial charge in [0.05, 0.1) is 10.6 Å². The maximum atomic E-state index is 13.9. The van der Waals surface area contributed by atoms with Gasteiger partial charge in [0.15, 0.2) is 5.84 Å². The third-order valence-electron chi connectivity index (χ3n) is 8.34. The molecule has 0 unspecified atom stereocenters. The van der Waals surface area contributed by atoms with Gasteiger partial charge in [-0.05, 0) is 62.6 Å². The van der Waals surface area contributed by atoms with E-state index in [0.29, 0.717) is 24.0 Å². The van der Waals surface area contributed by atoms with Crippen molar-refractivity contribution in [3.63, 3.8) is 0 Å². The molecule has 52 heavy (non-hydrogen) atoms. The SMILES string of the molecule is Cc1cc(C(F)(F)F)c2cccc(OCc3c(Cl)ccc(S(=O)(=O)N4CCC[C@H]4C(=O)NCCCNC(=O)c4ccc(/C(N)=N\O)cc4)c3Cl)c2n1. The zero-order valence-corrected chi connectivity index (χ0v) is 29.8. The van der Waals surface area contributed by atoms with Gasteiger partial charge in [0.1, 0.15) is 28.8 Å². The Morgan fingerprint density at radius 2 is 1.77 bits per heavy atom. The maximum absolute atomic E-state index is 13.9. The van der Waals surface area contributed by atoms with E-state index in [-0.39, 0.29) is 80.6 Å². The van der Waals surface area contributed by atoms with Crippen molar-refractivity contribution in [3.05, 3.63) is 98.7 Å². The van der Waals surface area contributed by atoms with Crippen LogP contribution in [0.1, 0.15) is 52.0 Å². The predicted octanol–water partition coefficient (Wildman–Crippen LogP) is 5.63. The van der Waals surface area contributed by atoms with Crippen molar-refractivity contribution in [2.24, 2.45) is 10.9 Å². The molecule has 1 atom stereocenters. The number of fused-ring (bicyclic) bond motifs is 1. The van der Waals surface area contributed by atoms with E-state index in [1.165, 1.54) is 61.5 Å². The lowest BCUT2D eigenvalue weighted by Gasteiger charge is -2.24. The molecule has 2 heterocycles. The first-order chi connectivity index (χ1) is 24.6. The Morgan fingerprint density at radius 3 is 2.46 bits per heavy atom. The Kier molecular flexibility index (Phi) is 11.8. The molecule has 1 saturated heterocycles. The molecule has 1 aliphatic heterocycles. The highest BCUT2D eigenvalue weighted by Crippen LogP contribution is 2.39. The Labute approximate surface area is 306 Å². The lowest BCUT2D eigenvalue weighted by atomic mass is 10.1. The van der Waals surface area contributed by atoms with E-state index in [2.05, 4.69) is 20.8 Å². The summed E-state index contributed by atoms with van der Waals surface area (Å²) >= 11 is 13.0. The van der Waals surface area contributed by atoms with E-state index in [1.54, 1.807) is 0 Å². The number of oxime groups is 1. The summed E-state index contributed by atoms with van der Waals surface area (Å²) in [6.45, 7) is 1.46. The molecule has 18 heteroatoms. The number of rotatable bonds is 12. The smallest absolute Gasteiger partial charge is 0.417 e. The average Bonchev–Trinajstić information content (AvgIpc) is 3.62. The second kappa shape index (κ2) is 15.9. The average molecular weight is 782 g/mol. The van der Waals surface area contributed by atoms with Gasteiger partial charge < -0.3 is 26.3 Å². The number of nitrogens with one attached hydrogen (secondary N) is 2. The quantitative estimate of drug-likeness (QED) is 0.0470. The van der Waals surface area contributed by atoms with Crippen LogP contribution >= 0.6 is 23.2 Å². The normalized spacial score (nSPS) is 15.5. The fourth-order valence-electron chi connectivity index (χ4n) is 5.75. The molecule has 0 saturated carbocycles. The van der Waals surface area contributed by atoms with Gasteiger partial charge in [-0.25, -0.2) is 13.4 Å². The molecule has 4 aromatic rings. The number of nitrogens with zero attached hydrogens (tertiary/aromatic N) is 3. The molecule has 1 fully saturated rings. The van der Waals surface area contributed by atoms with Crippen molar-refractivity contribution >= 4 is 61.8 Å². The fourth-order valence-corrected chi connectivity index (χ4v) is 8.27. The molecule has 1 aliphatic rings. The minimum atomic E-state index is -4.63. The third kappa shape index (κ3) is 8.36. The van der Waals surface area contributed by atoms with Crippen LogP contribution in [-0.4, -0.2) is 66.2 Å². The number of hydrogen-bond acceptors (Lipinski definition) is 8. The molecular formula is C34H33Cl2F3N6O6S. The molecule has 5 rings (SSSR count). The Morgan fingerprint density at radius 1 is 1.08 bits per heavy atom. The van der Waals surface area contributed by atoms with E-state index < -0.39 is 40.3 Å². The lowest BCUT2D eigenvalue weighted by molar-refractivity contribution is -0.136. The minimum Gasteiger partial charge on any atom is -0.487 e. The summed E-state index contributed by atoms with van der Waals surface area (Å²) in [6.07, 6.45) is -3.60. The summed E-state index contributed by atoms with van der Waals surface area (Å²) in [5.41, 5.74) is 5.61. The number of amides is 2. The van der Waals surface area contributed by atoms with E-state index in [0.717, 1.165) is 10.4 Å². The molecule has 5 N–H and O–H groups in total. The van der Waals surface area contributed by atoms with Crippen molar-refractivity contribution in [2.45, 2.75) is 49.9 Å². The van der Waals surface area contributed by atoms with Crippen molar-refractivity contribution < 1.29 is 41.1 Å². The minimum absolute atomic E-state index is 0.0110. The fraction of sp³-hybridized carbons (Fsp3) is 0.294. The number of carbonyl (C=O) groups excluding carboxylic acids is 2. The van der Waals surface area contributed by atoms with Crippen LogP contribution in [0.4, 0.5) is 13.2 Å². The van der Waals surface area contributed by atoms with Crippen molar-refractivity contribution in [3.8, 4) is 5.75 Å². The van der Waals surface area contributed by atoms with Gasteiger partial charge in [0.2, 0.25) is 15.9 Å². The number of halogens is 5. The summed E-state index contributed by atoms with van der Waals surface area (Å²) in [6, 6.07) is 12.7. The van der Waals surface area contributed by atoms with Crippen LogP contribution in [0.5, 0.6) is 5.75 Å². The predicted molar refractivity (Wildman–Crippen MR) is 188 cm³/mol. The Balaban J connectivity index is 1.23. The highest BCUT2D eigenvalue weighted by Gasteiger charge is 2.41. The number of benzene rings is 3. The molecule has 1 aromatic heterocycles. The van der Waals surface area contributed by atoms with Gasteiger partial charge in [-0.3, -0.25) is 9.59 Å². The number of ether oxygens (including phenoxy) is 1. The molecule has 276 valence electrons. The van der Waals surface area contributed by atoms with Crippen LogP contribution in [-0.2, 0) is 27.6 Å². The second-order valence-corrected chi connectivity index (χ2v) is 14.5. The maximum Gasteiger partial charge on any atom is 0.417 e. The number of pyridine rings is 1. The van der Waals surface area contributed by atoms with E-state index in [4.69, 9.17) is 38.9 Å². The van der Waals surface area contributed by atoms with Gasteiger partial charge in [0, 0.05) is 52.4 Å². The number of aryl methyl sites for hydroxylation is 1. The van der Waals surface area contributed by atoms with E-state index in [1.807, 2.05) is 0 Å². The molecular weight excluding hydrogens is 748 g/mol. The van der Waals surface area contributed by atoms with Gasteiger partial charge in [-0.2, -0.15) is 17.5 Å². The first-order valence-corrected chi connectivity index (χ1v) is 18.1. The molecule has 0 aliphatic carbocycles. The zero-order chi connectivity index (χ0) is 37.8. The zero-order valence-electron chi connectivity index (χ0n) is 27.5. The van der Waals surface area contributed by atoms with Crippen LogP contribution in [0.15, 0.2) is 70.7 Å². The summed E-state index contributed by atoms with van der Waals surface area (Å²) in [7, 11) is -4.33. The molecule has 2 amide bonds.